The maximum atomic E-state index is 11.2. The van der Waals surface area contributed by atoms with Gasteiger partial charge in [0, 0.05) is 5.56 Å². The Hall–Kier alpha value is -2.51. The summed E-state index contributed by atoms with van der Waals surface area (Å²) in [6.45, 7) is 0. The van der Waals surface area contributed by atoms with E-state index in [2.05, 4.69) is 16.0 Å². The van der Waals surface area contributed by atoms with Crippen LogP contribution in [0.2, 0.25) is 5.02 Å². The van der Waals surface area contributed by atoms with E-state index in [-0.39, 0.29) is 5.69 Å². The Morgan fingerprint density at radius 3 is 2.68 bits per heavy atom. The maximum Gasteiger partial charge on any atom is 0.323 e. The minimum Gasteiger partial charge on any atom is -0.306 e. The first-order valence-corrected chi connectivity index (χ1v) is 5.98. The molecule has 92 valence electrons. The third-order valence-corrected chi connectivity index (χ3v) is 3.35. The van der Waals surface area contributed by atoms with Crippen LogP contribution in [0.25, 0.3) is 22.2 Å². The molecule has 0 atom stereocenters. The summed E-state index contributed by atoms with van der Waals surface area (Å²) in [5, 5.41) is 9.40. The van der Waals surface area contributed by atoms with Crippen LogP contribution in [-0.4, -0.2) is 9.97 Å². The predicted molar refractivity (Wildman–Crippen MR) is 74.1 cm³/mol. The van der Waals surface area contributed by atoms with E-state index in [1.165, 1.54) is 0 Å². The molecule has 0 amide bonds. The van der Waals surface area contributed by atoms with Crippen LogP contribution in [0.15, 0.2) is 41.2 Å². The number of imidazole rings is 1. The van der Waals surface area contributed by atoms with Gasteiger partial charge in [0.05, 0.1) is 21.6 Å². The summed E-state index contributed by atoms with van der Waals surface area (Å²) in [6.07, 6.45) is 0. The molecule has 0 aliphatic heterocycles. The lowest BCUT2D eigenvalue weighted by atomic mass is 10.0. The predicted octanol–water partition coefficient (Wildman–Crippen LogP) is 3.05. The first-order valence-electron chi connectivity index (χ1n) is 5.60. The fourth-order valence-electron chi connectivity index (χ4n) is 2.04. The second kappa shape index (κ2) is 4.30. The lowest BCUT2D eigenvalue weighted by Crippen LogP contribution is -1.99. The average molecular weight is 270 g/mol. The normalized spacial score (nSPS) is 10.5. The number of hydrogen-bond acceptors (Lipinski definition) is 2. The Morgan fingerprint density at radius 1 is 1.11 bits per heavy atom. The molecule has 19 heavy (non-hydrogen) atoms. The highest BCUT2D eigenvalue weighted by Crippen LogP contribution is 2.31. The Morgan fingerprint density at radius 2 is 1.89 bits per heavy atom. The minimum absolute atomic E-state index is 0.246. The first kappa shape index (κ1) is 11.6. The zero-order valence-electron chi connectivity index (χ0n) is 9.70. The summed E-state index contributed by atoms with van der Waals surface area (Å²) >= 11 is 6.20. The second-order valence-electron chi connectivity index (χ2n) is 4.12. The van der Waals surface area contributed by atoms with Crippen molar-refractivity contribution < 1.29 is 0 Å². The van der Waals surface area contributed by atoms with Crippen molar-refractivity contribution in [3.8, 4) is 17.2 Å². The van der Waals surface area contributed by atoms with Crippen molar-refractivity contribution in [3.63, 3.8) is 0 Å². The third kappa shape index (κ3) is 1.90. The van der Waals surface area contributed by atoms with E-state index >= 15 is 0 Å². The van der Waals surface area contributed by atoms with E-state index in [4.69, 9.17) is 16.9 Å². The molecule has 0 aliphatic carbocycles. The molecule has 0 saturated carbocycles. The zero-order chi connectivity index (χ0) is 13.4. The van der Waals surface area contributed by atoms with E-state index in [0.29, 0.717) is 16.1 Å². The number of H-pyrrole nitrogens is 2. The lowest BCUT2D eigenvalue weighted by molar-refractivity contribution is 1.22. The van der Waals surface area contributed by atoms with Crippen molar-refractivity contribution >= 4 is 22.6 Å². The number of nitriles is 1. The van der Waals surface area contributed by atoms with Gasteiger partial charge in [-0.05, 0) is 23.8 Å². The molecule has 0 spiro atoms. The molecule has 1 aromatic heterocycles. The van der Waals surface area contributed by atoms with Gasteiger partial charge in [-0.25, -0.2) is 4.79 Å². The van der Waals surface area contributed by atoms with Crippen LogP contribution >= 0.6 is 11.6 Å². The van der Waals surface area contributed by atoms with E-state index in [9.17, 15) is 4.79 Å². The summed E-state index contributed by atoms with van der Waals surface area (Å²) < 4.78 is 0. The highest BCUT2D eigenvalue weighted by molar-refractivity contribution is 6.34. The minimum atomic E-state index is -0.246. The number of nitrogens with one attached hydrogen (secondary N) is 2. The van der Waals surface area contributed by atoms with Crippen molar-refractivity contribution in [2.75, 3.05) is 0 Å². The summed E-state index contributed by atoms with van der Waals surface area (Å²) in [4.78, 5) is 16.6. The number of hydrogen-bond donors (Lipinski definition) is 2. The van der Waals surface area contributed by atoms with Crippen molar-refractivity contribution in [2.24, 2.45) is 0 Å². The molecule has 2 N–H and O–H groups in total. The van der Waals surface area contributed by atoms with Gasteiger partial charge in [-0.2, -0.15) is 5.26 Å². The van der Waals surface area contributed by atoms with Gasteiger partial charge in [0.1, 0.15) is 6.07 Å². The number of fused-ring (bicyclic) bond motifs is 1. The van der Waals surface area contributed by atoms with Crippen molar-refractivity contribution in [1.82, 2.24) is 9.97 Å². The molecular weight excluding hydrogens is 262 g/mol. The van der Waals surface area contributed by atoms with Crippen molar-refractivity contribution in [3.05, 3.63) is 57.5 Å². The molecule has 0 fully saturated rings. The molecule has 5 heteroatoms. The van der Waals surface area contributed by atoms with Crippen LogP contribution in [0.3, 0.4) is 0 Å². The second-order valence-corrected chi connectivity index (χ2v) is 4.50. The summed E-state index contributed by atoms with van der Waals surface area (Å²) in [5.74, 6) is 0. The maximum absolute atomic E-state index is 11.2. The third-order valence-electron chi connectivity index (χ3n) is 2.95. The summed E-state index contributed by atoms with van der Waals surface area (Å²) in [5.41, 5.74) is 3.25. The molecule has 0 saturated heterocycles. The number of benzene rings is 2. The summed E-state index contributed by atoms with van der Waals surface area (Å²) in [6, 6.07) is 12.8. The van der Waals surface area contributed by atoms with Gasteiger partial charge in [0.25, 0.3) is 0 Å². The van der Waals surface area contributed by atoms with Crippen LogP contribution < -0.4 is 5.69 Å². The number of aromatic amines is 2. The highest BCUT2D eigenvalue weighted by atomic mass is 35.5. The zero-order valence-corrected chi connectivity index (χ0v) is 10.5. The quantitative estimate of drug-likeness (QED) is 0.713. The topological polar surface area (TPSA) is 72.4 Å². The van der Waals surface area contributed by atoms with Crippen LogP contribution in [0.5, 0.6) is 0 Å². The van der Waals surface area contributed by atoms with Gasteiger partial charge in [0.2, 0.25) is 0 Å². The van der Waals surface area contributed by atoms with Crippen molar-refractivity contribution in [2.45, 2.75) is 0 Å². The molecule has 0 unspecified atom stereocenters. The van der Waals surface area contributed by atoms with E-state index in [0.717, 1.165) is 16.6 Å². The Labute approximate surface area is 113 Å². The number of rotatable bonds is 1. The van der Waals surface area contributed by atoms with E-state index in [1.54, 1.807) is 18.2 Å². The van der Waals surface area contributed by atoms with Crippen LogP contribution in [0.4, 0.5) is 0 Å². The lowest BCUT2D eigenvalue weighted by Gasteiger charge is -2.05. The van der Waals surface area contributed by atoms with Crippen molar-refractivity contribution in [1.29, 1.82) is 5.26 Å². The number of nitrogens with zero attached hydrogens (tertiary/aromatic N) is 1. The molecule has 2 aromatic carbocycles. The monoisotopic (exact) mass is 269 g/mol. The Balaban J connectivity index is 2.24. The van der Waals surface area contributed by atoms with Crippen LogP contribution in [0, 0.1) is 11.3 Å². The molecule has 1 heterocycles. The SMILES string of the molecule is N#Cc1cccc(-c2ccc3[nH]c(=O)[nH]c3c2)c1Cl. The van der Waals surface area contributed by atoms with Gasteiger partial charge in [-0.15, -0.1) is 0 Å². The molecular formula is C14H8ClN3O. The van der Waals surface area contributed by atoms with Gasteiger partial charge < -0.3 is 9.97 Å². The van der Waals surface area contributed by atoms with Gasteiger partial charge in [-0.1, -0.05) is 29.8 Å². The first-order chi connectivity index (χ1) is 9.19. The number of halogens is 1. The smallest absolute Gasteiger partial charge is 0.306 e. The largest absolute Gasteiger partial charge is 0.323 e. The van der Waals surface area contributed by atoms with Gasteiger partial charge in [-0.3, -0.25) is 0 Å². The molecule has 3 rings (SSSR count). The van der Waals surface area contributed by atoms with E-state index in [1.807, 2.05) is 18.2 Å². The standard InChI is InChI=1S/C14H8ClN3O/c15-13-9(7-16)2-1-3-10(13)8-4-5-11-12(6-8)18-14(19)17-11/h1-6H,(H2,17,18,19). The van der Waals surface area contributed by atoms with E-state index < -0.39 is 0 Å². The Bertz CT molecular complexity index is 870. The summed E-state index contributed by atoms with van der Waals surface area (Å²) in [7, 11) is 0. The highest BCUT2D eigenvalue weighted by Gasteiger charge is 2.09. The average Bonchev–Trinajstić information content (AvgIpc) is 2.78. The van der Waals surface area contributed by atoms with Gasteiger partial charge >= 0.3 is 5.69 Å². The fourth-order valence-corrected chi connectivity index (χ4v) is 2.32. The van der Waals surface area contributed by atoms with Gasteiger partial charge in [0.15, 0.2) is 0 Å². The molecule has 4 nitrogen and oxygen atoms in total. The number of aromatic nitrogens is 2. The fraction of sp³-hybridized carbons (Fsp3) is 0. The van der Waals surface area contributed by atoms with Crippen LogP contribution in [-0.2, 0) is 0 Å². The molecule has 3 aromatic rings. The molecule has 0 aliphatic rings. The Kier molecular flexibility index (Phi) is 2.62. The molecule has 0 bridgehead atoms. The van der Waals surface area contributed by atoms with Crippen LogP contribution in [0.1, 0.15) is 5.56 Å². The molecule has 0 radical (unpaired) electrons.